The van der Waals surface area contributed by atoms with Crippen LogP contribution in [0.15, 0.2) is 11.1 Å². The number of rotatable bonds is 10. The number of hydrogen-bond donors (Lipinski definition) is 1. The first-order valence-electron chi connectivity index (χ1n) is 8.89. The third kappa shape index (κ3) is 4.90. The van der Waals surface area contributed by atoms with E-state index in [4.69, 9.17) is 0 Å². The van der Waals surface area contributed by atoms with Crippen LogP contribution in [0.25, 0.3) is 0 Å². The van der Waals surface area contributed by atoms with Crippen LogP contribution in [0.5, 0.6) is 0 Å². The van der Waals surface area contributed by atoms with Gasteiger partial charge in [0.05, 0.1) is 18.6 Å². The van der Waals surface area contributed by atoms with E-state index in [9.17, 15) is 14.7 Å². The number of ketones is 1. The molecule has 0 radical (unpaired) electrons. The molecular formula is C19H32O4. The van der Waals surface area contributed by atoms with Gasteiger partial charge < -0.3 is 9.84 Å². The van der Waals surface area contributed by atoms with E-state index in [1.54, 1.807) is 0 Å². The molecule has 0 amide bonds. The largest absolute Gasteiger partial charge is 0.469 e. The number of methoxy groups -OCH3 is 1. The van der Waals surface area contributed by atoms with Crippen LogP contribution in [-0.2, 0) is 14.3 Å². The van der Waals surface area contributed by atoms with Crippen molar-refractivity contribution >= 4 is 11.8 Å². The van der Waals surface area contributed by atoms with Crippen LogP contribution in [0.4, 0.5) is 0 Å². The van der Waals surface area contributed by atoms with Crippen LogP contribution in [0.2, 0.25) is 0 Å². The minimum atomic E-state index is -0.960. The predicted molar refractivity (Wildman–Crippen MR) is 91.1 cm³/mol. The summed E-state index contributed by atoms with van der Waals surface area (Å²) in [5.41, 5.74) is 0.639. The van der Waals surface area contributed by atoms with E-state index in [-0.39, 0.29) is 17.7 Å². The van der Waals surface area contributed by atoms with Gasteiger partial charge in [-0.05, 0) is 44.3 Å². The van der Waals surface area contributed by atoms with Gasteiger partial charge in [0.25, 0.3) is 0 Å². The van der Waals surface area contributed by atoms with Crippen molar-refractivity contribution in [1.29, 1.82) is 0 Å². The van der Waals surface area contributed by atoms with Gasteiger partial charge in [-0.2, -0.15) is 0 Å². The summed E-state index contributed by atoms with van der Waals surface area (Å²) >= 11 is 0. The van der Waals surface area contributed by atoms with E-state index >= 15 is 0 Å². The van der Waals surface area contributed by atoms with Crippen molar-refractivity contribution in [3.8, 4) is 0 Å². The van der Waals surface area contributed by atoms with Gasteiger partial charge in [-0.15, -0.1) is 0 Å². The van der Waals surface area contributed by atoms with Crippen molar-refractivity contribution in [2.45, 2.75) is 84.2 Å². The molecule has 0 fully saturated rings. The number of ether oxygens (including phenoxy) is 1. The first kappa shape index (κ1) is 19.9. The summed E-state index contributed by atoms with van der Waals surface area (Å²) < 4.78 is 4.62. The Hall–Kier alpha value is -1.16. The Morgan fingerprint density at radius 1 is 1.17 bits per heavy atom. The summed E-state index contributed by atoms with van der Waals surface area (Å²) in [5.74, 6) is -0.390. The van der Waals surface area contributed by atoms with E-state index < -0.39 is 5.60 Å². The fraction of sp³-hybridized carbons (Fsp3) is 0.789. The summed E-state index contributed by atoms with van der Waals surface area (Å²) in [4.78, 5) is 23.6. The van der Waals surface area contributed by atoms with Crippen LogP contribution >= 0.6 is 0 Å². The van der Waals surface area contributed by atoms with E-state index in [2.05, 4.69) is 11.7 Å². The number of esters is 1. The molecule has 4 nitrogen and oxygen atoms in total. The fourth-order valence-corrected chi connectivity index (χ4v) is 3.52. The molecule has 0 aromatic heterocycles. The highest BCUT2D eigenvalue weighted by molar-refractivity contribution is 6.01. The number of unbranched alkanes of at least 4 members (excludes halogenated alkanes) is 4. The Labute approximate surface area is 140 Å². The van der Waals surface area contributed by atoms with Gasteiger partial charge in [-0.3, -0.25) is 9.59 Å². The zero-order valence-electron chi connectivity index (χ0n) is 15.1. The molecule has 0 saturated heterocycles. The second kappa shape index (κ2) is 9.21. The maximum atomic E-state index is 12.5. The van der Waals surface area contributed by atoms with Crippen LogP contribution in [0.3, 0.4) is 0 Å². The summed E-state index contributed by atoms with van der Waals surface area (Å²) in [6.45, 7) is 5.87. The van der Waals surface area contributed by atoms with E-state index in [0.29, 0.717) is 19.3 Å². The number of Topliss-reactive ketones (excluding diaryl/α,β-unsaturated/α-hetero) is 1. The number of hydrogen-bond acceptors (Lipinski definition) is 4. The average Bonchev–Trinajstić information content (AvgIpc) is 2.69. The van der Waals surface area contributed by atoms with Gasteiger partial charge in [0.1, 0.15) is 0 Å². The zero-order chi connectivity index (χ0) is 17.5. The lowest BCUT2D eigenvalue weighted by molar-refractivity contribution is -0.140. The second-order valence-electron chi connectivity index (χ2n) is 6.72. The van der Waals surface area contributed by atoms with Gasteiger partial charge in [0.15, 0.2) is 5.78 Å². The van der Waals surface area contributed by atoms with Gasteiger partial charge >= 0.3 is 5.97 Å². The van der Waals surface area contributed by atoms with Crippen LogP contribution < -0.4 is 0 Å². The molecule has 0 aliphatic heterocycles. The second-order valence-corrected chi connectivity index (χ2v) is 6.72. The summed E-state index contributed by atoms with van der Waals surface area (Å²) in [7, 11) is 1.40. The van der Waals surface area contributed by atoms with Gasteiger partial charge in [-0.25, -0.2) is 0 Å². The lowest BCUT2D eigenvalue weighted by Gasteiger charge is -2.31. The summed E-state index contributed by atoms with van der Waals surface area (Å²) in [5, 5.41) is 11.1. The minimum Gasteiger partial charge on any atom is -0.469 e. The first-order valence-corrected chi connectivity index (χ1v) is 8.89. The molecule has 0 aromatic rings. The smallest absolute Gasteiger partial charge is 0.305 e. The molecular weight excluding hydrogens is 292 g/mol. The molecule has 2 atom stereocenters. The fourth-order valence-electron chi connectivity index (χ4n) is 3.52. The molecule has 2 unspecified atom stereocenters. The van der Waals surface area contributed by atoms with E-state index in [1.165, 1.54) is 7.11 Å². The topological polar surface area (TPSA) is 63.6 Å². The first-order chi connectivity index (χ1) is 10.9. The van der Waals surface area contributed by atoms with Crippen molar-refractivity contribution < 1.29 is 19.4 Å². The van der Waals surface area contributed by atoms with Crippen molar-refractivity contribution in [3.05, 3.63) is 11.1 Å². The van der Waals surface area contributed by atoms with E-state index in [0.717, 1.165) is 49.7 Å². The summed E-state index contributed by atoms with van der Waals surface area (Å²) in [6.07, 6.45) is 7.41. The molecule has 0 bridgehead atoms. The Kier molecular flexibility index (Phi) is 7.97. The summed E-state index contributed by atoms with van der Waals surface area (Å²) in [6, 6.07) is 0. The van der Waals surface area contributed by atoms with Crippen molar-refractivity contribution in [2.24, 2.45) is 5.92 Å². The normalized spacial score (nSPS) is 24.4. The van der Waals surface area contributed by atoms with Crippen molar-refractivity contribution in [1.82, 2.24) is 0 Å². The molecule has 1 rings (SSSR count). The maximum absolute atomic E-state index is 12.5. The lowest BCUT2D eigenvalue weighted by Crippen LogP contribution is -2.38. The molecule has 0 spiro atoms. The minimum absolute atomic E-state index is 0.106. The standard InChI is InChI=1S/C19H32O4/c1-5-6-10-13-19(22)15(3)14(2)18(21)16(19)11-8-7-9-12-17(20)23-4/h16,22H,5-13H2,1-4H3. The highest BCUT2D eigenvalue weighted by atomic mass is 16.5. The predicted octanol–water partition coefficient (Wildman–Crippen LogP) is 3.96. The highest BCUT2D eigenvalue weighted by Crippen LogP contribution is 2.43. The Morgan fingerprint density at radius 3 is 2.48 bits per heavy atom. The van der Waals surface area contributed by atoms with Crippen molar-refractivity contribution in [2.75, 3.05) is 7.11 Å². The molecule has 1 N–H and O–H groups in total. The maximum Gasteiger partial charge on any atom is 0.305 e. The Bertz CT molecular complexity index is 452. The lowest BCUT2D eigenvalue weighted by atomic mass is 9.79. The third-order valence-electron chi connectivity index (χ3n) is 5.24. The monoisotopic (exact) mass is 324 g/mol. The number of allylic oxidation sites excluding steroid dienone is 1. The number of carbonyl (C=O) groups is 2. The molecule has 0 aromatic carbocycles. The average molecular weight is 324 g/mol. The molecule has 4 heteroatoms. The molecule has 23 heavy (non-hydrogen) atoms. The van der Waals surface area contributed by atoms with Crippen LogP contribution in [0.1, 0.15) is 78.6 Å². The molecule has 0 saturated carbocycles. The zero-order valence-corrected chi connectivity index (χ0v) is 15.1. The SMILES string of the molecule is CCCCCC1(O)C(C)=C(C)C(=O)C1CCCCCC(=O)OC. The van der Waals surface area contributed by atoms with Gasteiger partial charge in [0.2, 0.25) is 0 Å². The third-order valence-corrected chi connectivity index (χ3v) is 5.24. The Balaban J connectivity index is 2.57. The number of aliphatic hydroxyl groups is 1. The molecule has 1 aliphatic rings. The number of carbonyl (C=O) groups excluding carboxylic acids is 2. The van der Waals surface area contributed by atoms with Crippen molar-refractivity contribution in [3.63, 3.8) is 0 Å². The van der Waals surface area contributed by atoms with Crippen LogP contribution in [-0.4, -0.2) is 29.6 Å². The molecule has 132 valence electrons. The quantitative estimate of drug-likeness (QED) is 0.488. The van der Waals surface area contributed by atoms with Crippen LogP contribution in [0, 0.1) is 5.92 Å². The Morgan fingerprint density at radius 2 is 1.87 bits per heavy atom. The molecule has 0 heterocycles. The van der Waals surface area contributed by atoms with Gasteiger partial charge in [0, 0.05) is 6.42 Å². The van der Waals surface area contributed by atoms with E-state index in [1.807, 2.05) is 13.8 Å². The van der Waals surface area contributed by atoms with Gasteiger partial charge in [-0.1, -0.05) is 39.0 Å². The molecule has 1 aliphatic carbocycles. The highest BCUT2D eigenvalue weighted by Gasteiger charge is 2.48.